The van der Waals surface area contributed by atoms with Crippen molar-refractivity contribution in [3.8, 4) is 0 Å². The Hall–Kier alpha value is -0.610. The largest absolute Gasteiger partial charge is 0.377 e. The van der Waals surface area contributed by atoms with Crippen LogP contribution in [0.5, 0.6) is 0 Å². The fourth-order valence-corrected chi connectivity index (χ4v) is 3.25. The van der Waals surface area contributed by atoms with Crippen LogP contribution in [0.1, 0.15) is 33.6 Å². The molecule has 104 valence electrons. The number of carbonyl (C=O) groups is 1. The fraction of sp³-hybridized carbons (Fsp3) is 0.929. The number of nitrogens with zero attached hydrogens (tertiary/aromatic N) is 2. The van der Waals surface area contributed by atoms with Crippen molar-refractivity contribution < 1.29 is 9.53 Å². The Bertz CT molecular complexity index is 343. The Balaban J connectivity index is 2.11. The van der Waals surface area contributed by atoms with Crippen LogP contribution in [0, 0.1) is 5.92 Å². The molecule has 1 aliphatic carbocycles. The van der Waals surface area contributed by atoms with Gasteiger partial charge in [-0.3, -0.25) is 4.79 Å². The number of rotatable bonds is 4. The maximum absolute atomic E-state index is 12.0. The maximum Gasteiger partial charge on any atom is 0.220 e. The third-order valence-corrected chi connectivity index (χ3v) is 4.67. The highest BCUT2D eigenvalue weighted by molar-refractivity contribution is 5.75. The van der Waals surface area contributed by atoms with E-state index in [-0.39, 0.29) is 17.0 Å². The number of methoxy groups -OCH3 is 1. The first kappa shape index (κ1) is 13.8. The molecular weight excluding hydrogens is 228 g/mol. The van der Waals surface area contributed by atoms with Crippen molar-refractivity contribution in [3.63, 3.8) is 0 Å². The van der Waals surface area contributed by atoms with Crippen molar-refractivity contribution in [2.45, 2.75) is 44.8 Å². The highest BCUT2D eigenvalue weighted by atomic mass is 16.5. The summed E-state index contributed by atoms with van der Waals surface area (Å²) in [7, 11) is 3.88. The van der Waals surface area contributed by atoms with Crippen LogP contribution >= 0.6 is 0 Å². The molecule has 1 amide bonds. The van der Waals surface area contributed by atoms with Crippen LogP contribution in [0.15, 0.2) is 0 Å². The first-order chi connectivity index (χ1) is 8.31. The molecule has 0 aromatic heterocycles. The zero-order valence-electron chi connectivity index (χ0n) is 12.3. The van der Waals surface area contributed by atoms with Gasteiger partial charge in [0, 0.05) is 39.2 Å². The first-order valence-corrected chi connectivity index (χ1v) is 6.83. The zero-order valence-corrected chi connectivity index (χ0v) is 12.3. The van der Waals surface area contributed by atoms with Crippen molar-refractivity contribution in [1.82, 2.24) is 9.80 Å². The van der Waals surface area contributed by atoms with Crippen LogP contribution in [0.25, 0.3) is 0 Å². The van der Waals surface area contributed by atoms with Crippen molar-refractivity contribution in [2.24, 2.45) is 5.92 Å². The summed E-state index contributed by atoms with van der Waals surface area (Å²) in [6.45, 7) is 8.69. The highest BCUT2D eigenvalue weighted by Gasteiger charge is 2.61. The molecule has 1 aliphatic heterocycles. The molecule has 0 bridgehead atoms. The molecule has 1 heterocycles. The Labute approximate surface area is 110 Å². The van der Waals surface area contributed by atoms with E-state index in [1.807, 2.05) is 13.8 Å². The summed E-state index contributed by atoms with van der Waals surface area (Å²) < 4.78 is 5.49. The Morgan fingerprint density at radius 1 is 1.56 bits per heavy atom. The molecule has 2 atom stereocenters. The van der Waals surface area contributed by atoms with Crippen LogP contribution in [0.2, 0.25) is 0 Å². The number of fused-ring (bicyclic) bond motifs is 1. The number of piperidine rings is 1. The van der Waals surface area contributed by atoms with Crippen LogP contribution in [-0.4, -0.2) is 60.6 Å². The quantitative estimate of drug-likeness (QED) is 0.759. The predicted octanol–water partition coefficient (Wildman–Crippen LogP) is 1.35. The topological polar surface area (TPSA) is 32.8 Å². The molecule has 4 nitrogen and oxygen atoms in total. The lowest BCUT2D eigenvalue weighted by atomic mass is 9.99. The van der Waals surface area contributed by atoms with Gasteiger partial charge >= 0.3 is 0 Å². The third-order valence-electron chi connectivity index (χ3n) is 4.67. The summed E-state index contributed by atoms with van der Waals surface area (Å²) >= 11 is 0. The van der Waals surface area contributed by atoms with Crippen LogP contribution in [0.4, 0.5) is 0 Å². The van der Waals surface area contributed by atoms with Crippen molar-refractivity contribution in [3.05, 3.63) is 0 Å². The van der Waals surface area contributed by atoms with Gasteiger partial charge in [0.05, 0.1) is 5.60 Å². The predicted molar refractivity (Wildman–Crippen MR) is 71.4 cm³/mol. The zero-order chi connectivity index (χ0) is 13.6. The van der Waals surface area contributed by atoms with Gasteiger partial charge in [-0.05, 0) is 39.7 Å². The van der Waals surface area contributed by atoms with Crippen molar-refractivity contribution in [1.29, 1.82) is 0 Å². The summed E-state index contributed by atoms with van der Waals surface area (Å²) in [5.74, 6) is 0.847. The number of carbonyl (C=O) groups excluding carboxylic acids is 1. The van der Waals surface area contributed by atoms with Crippen molar-refractivity contribution >= 4 is 5.91 Å². The molecule has 2 unspecified atom stereocenters. The number of hydrogen-bond acceptors (Lipinski definition) is 3. The second-order valence-electron chi connectivity index (χ2n) is 6.59. The first-order valence-electron chi connectivity index (χ1n) is 6.83. The van der Waals surface area contributed by atoms with Gasteiger partial charge in [-0.1, -0.05) is 0 Å². The molecule has 0 spiro atoms. The SMILES string of the molecule is COC(C)(C)CN(C(C)=O)C12CCN(C)CC1C2. The lowest BCUT2D eigenvalue weighted by molar-refractivity contribution is -0.138. The number of likely N-dealkylation sites (tertiary alicyclic amines) is 1. The van der Waals surface area contributed by atoms with Gasteiger partial charge in [0.25, 0.3) is 0 Å². The van der Waals surface area contributed by atoms with Gasteiger partial charge in [-0.15, -0.1) is 0 Å². The minimum absolute atomic E-state index is 0.133. The van der Waals surface area contributed by atoms with Gasteiger partial charge < -0.3 is 14.5 Å². The van der Waals surface area contributed by atoms with E-state index in [0.717, 1.165) is 25.9 Å². The molecular formula is C14H26N2O2. The fourth-order valence-electron chi connectivity index (χ4n) is 3.25. The number of ether oxygens (including phenoxy) is 1. The Morgan fingerprint density at radius 3 is 2.72 bits per heavy atom. The molecule has 0 N–H and O–H groups in total. The van der Waals surface area contributed by atoms with E-state index in [1.165, 1.54) is 0 Å². The van der Waals surface area contributed by atoms with Gasteiger partial charge in [-0.2, -0.15) is 0 Å². The average Bonchev–Trinajstić information content (AvgIpc) is 3.00. The van der Waals surface area contributed by atoms with E-state index in [4.69, 9.17) is 4.74 Å². The van der Waals surface area contributed by atoms with E-state index in [2.05, 4.69) is 16.8 Å². The minimum Gasteiger partial charge on any atom is -0.377 e. The summed E-state index contributed by atoms with van der Waals surface area (Å²) in [4.78, 5) is 16.5. The molecule has 1 saturated carbocycles. The highest BCUT2D eigenvalue weighted by Crippen LogP contribution is 2.54. The lowest BCUT2D eigenvalue weighted by Gasteiger charge is -2.41. The second kappa shape index (κ2) is 4.49. The molecule has 18 heavy (non-hydrogen) atoms. The van der Waals surface area contributed by atoms with Crippen LogP contribution in [-0.2, 0) is 9.53 Å². The van der Waals surface area contributed by atoms with E-state index >= 15 is 0 Å². The van der Waals surface area contributed by atoms with E-state index in [9.17, 15) is 4.79 Å². The monoisotopic (exact) mass is 254 g/mol. The number of hydrogen-bond donors (Lipinski definition) is 0. The second-order valence-corrected chi connectivity index (χ2v) is 6.59. The number of amides is 1. The lowest BCUT2D eigenvalue weighted by Crippen LogP contribution is -2.53. The van der Waals surface area contributed by atoms with E-state index in [0.29, 0.717) is 12.5 Å². The standard InChI is InChI=1S/C14H26N2O2/c1-11(17)16(10-13(2,3)18-5)14-6-7-15(4)9-12(14)8-14/h12H,6-10H2,1-5H3. The van der Waals surface area contributed by atoms with Crippen LogP contribution < -0.4 is 0 Å². The maximum atomic E-state index is 12.0. The van der Waals surface area contributed by atoms with Gasteiger partial charge in [0.1, 0.15) is 0 Å². The van der Waals surface area contributed by atoms with Gasteiger partial charge in [-0.25, -0.2) is 0 Å². The molecule has 1 saturated heterocycles. The Morgan fingerprint density at radius 2 is 2.22 bits per heavy atom. The summed E-state index contributed by atoms with van der Waals surface area (Å²) in [5.41, 5.74) is -0.134. The van der Waals surface area contributed by atoms with Crippen molar-refractivity contribution in [2.75, 3.05) is 33.8 Å². The van der Waals surface area contributed by atoms with Crippen LogP contribution in [0.3, 0.4) is 0 Å². The minimum atomic E-state index is -0.267. The summed E-state index contributed by atoms with van der Waals surface area (Å²) in [6.07, 6.45) is 2.27. The third kappa shape index (κ3) is 2.41. The molecule has 0 aromatic carbocycles. The molecule has 2 rings (SSSR count). The molecule has 0 aromatic rings. The van der Waals surface area contributed by atoms with E-state index in [1.54, 1.807) is 14.0 Å². The average molecular weight is 254 g/mol. The van der Waals surface area contributed by atoms with E-state index < -0.39 is 0 Å². The van der Waals surface area contributed by atoms with Gasteiger partial charge in [0.15, 0.2) is 0 Å². The summed E-state index contributed by atoms with van der Waals surface area (Å²) in [6, 6.07) is 0. The summed E-state index contributed by atoms with van der Waals surface area (Å²) in [5, 5.41) is 0. The molecule has 4 heteroatoms. The molecule has 0 radical (unpaired) electrons. The smallest absolute Gasteiger partial charge is 0.220 e. The Kier molecular flexibility index (Phi) is 3.45. The molecule has 2 fully saturated rings. The normalized spacial score (nSPS) is 31.9. The van der Waals surface area contributed by atoms with Gasteiger partial charge in [0.2, 0.25) is 5.91 Å². The molecule has 2 aliphatic rings.